The van der Waals surface area contributed by atoms with Crippen LogP contribution in [0.1, 0.15) is 59.6 Å². The van der Waals surface area contributed by atoms with E-state index in [4.69, 9.17) is 14.2 Å². The minimum atomic E-state index is -0.658. The SMILES string of the molecule is Cc1ccc(C(C)(C)C)cc1S[C@@H]1O[C@H]([C@H](O)C(C)C)[C@H]2OC(C)(C)O[C@H]21. The maximum Gasteiger partial charge on any atom is 0.164 e. The number of rotatable bonds is 4. The van der Waals surface area contributed by atoms with Crippen molar-refractivity contribution in [3.05, 3.63) is 29.3 Å². The van der Waals surface area contributed by atoms with Crippen LogP contribution in [0.5, 0.6) is 0 Å². The van der Waals surface area contributed by atoms with E-state index in [1.165, 1.54) is 16.0 Å². The molecule has 2 heterocycles. The van der Waals surface area contributed by atoms with Crippen molar-refractivity contribution in [2.24, 2.45) is 5.92 Å². The van der Waals surface area contributed by atoms with Gasteiger partial charge in [-0.25, -0.2) is 0 Å². The van der Waals surface area contributed by atoms with Gasteiger partial charge in [0, 0.05) is 4.90 Å². The average Bonchev–Trinajstić information content (AvgIpc) is 3.01. The summed E-state index contributed by atoms with van der Waals surface area (Å²) in [5.41, 5.74) is 2.41. The lowest BCUT2D eigenvalue weighted by molar-refractivity contribution is -0.190. The minimum absolute atomic E-state index is 0.0907. The van der Waals surface area contributed by atoms with E-state index >= 15 is 0 Å². The smallest absolute Gasteiger partial charge is 0.164 e. The fourth-order valence-corrected chi connectivity index (χ4v) is 4.89. The normalized spacial score (nSPS) is 31.3. The van der Waals surface area contributed by atoms with Gasteiger partial charge in [-0.3, -0.25) is 0 Å². The Morgan fingerprint density at radius 3 is 2.33 bits per heavy atom. The lowest BCUT2D eigenvalue weighted by atomic mass is 9.87. The van der Waals surface area contributed by atoms with Gasteiger partial charge in [-0.1, -0.05) is 58.5 Å². The second kappa shape index (κ2) is 7.34. The molecule has 2 aliphatic rings. The Hall–Kier alpha value is -0.590. The van der Waals surface area contributed by atoms with Crippen LogP contribution in [0.3, 0.4) is 0 Å². The van der Waals surface area contributed by atoms with Crippen LogP contribution in [0.2, 0.25) is 0 Å². The molecule has 0 bridgehead atoms. The van der Waals surface area contributed by atoms with Crippen LogP contribution in [0.15, 0.2) is 23.1 Å². The largest absolute Gasteiger partial charge is 0.390 e. The van der Waals surface area contributed by atoms with E-state index in [1.807, 2.05) is 27.7 Å². The van der Waals surface area contributed by atoms with Crippen molar-refractivity contribution in [2.75, 3.05) is 0 Å². The summed E-state index contributed by atoms with van der Waals surface area (Å²) in [4.78, 5) is 1.19. The first-order valence-electron chi connectivity index (χ1n) is 9.86. The quantitative estimate of drug-likeness (QED) is 0.806. The molecule has 1 N–H and O–H groups in total. The molecule has 0 spiro atoms. The van der Waals surface area contributed by atoms with Gasteiger partial charge in [0.2, 0.25) is 0 Å². The van der Waals surface area contributed by atoms with E-state index in [0.29, 0.717) is 0 Å². The molecule has 1 aromatic carbocycles. The van der Waals surface area contributed by atoms with Crippen LogP contribution in [-0.2, 0) is 19.6 Å². The molecule has 5 heteroatoms. The zero-order valence-corrected chi connectivity index (χ0v) is 18.6. The standard InChI is InChI=1S/C22H34O4S/c1-12(2)16(23)17-18-19(26-22(7,8)25-18)20(24-17)27-15-11-14(21(4,5)6)10-9-13(15)3/h9-12,16-20,23H,1-8H3/t16-,17-,18-,19-,20+/m1/s1. The topological polar surface area (TPSA) is 47.9 Å². The average molecular weight is 395 g/mol. The van der Waals surface area contributed by atoms with Crippen LogP contribution in [0, 0.1) is 12.8 Å². The number of aryl methyl sites for hydroxylation is 1. The van der Waals surface area contributed by atoms with E-state index < -0.39 is 11.9 Å². The van der Waals surface area contributed by atoms with Gasteiger partial charge >= 0.3 is 0 Å². The molecule has 0 amide bonds. The molecule has 0 unspecified atom stereocenters. The summed E-state index contributed by atoms with van der Waals surface area (Å²) >= 11 is 1.68. The van der Waals surface area contributed by atoms with Gasteiger partial charge in [0.05, 0.1) is 6.10 Å². The maximum absolute atomic E-state index is 10.7. The molecule has 5 atom stereocenters. The number of ether oxygens (including phenoxy) is 3. The molecule has 0 aromatic heterocycles. The van der Waals surface area contributed by atoms with Crippen molar-refractivity contribution in [3.63, 3.8) is 0 Å². The highest BCUT2D eigenvalue weighted by molar-refractivity contribution is 7.99. The Morgan fingerprint density at radius 1 is 1.11 bits per heavy atom. The molecule has 3 rings (SSSR count). The molecular weight excluding hydrogens is 360 g/mol. The third-order valence-corrected chi connectivity index (χ3v) is 6.67. The first kappa shape index (κ1) is 21.1. The Balaban J connectivity index is 1.86. The van der Waals surface area contributed by atoms with Crippen LogP contribution in [0.4, 0.5) is 0 Å². The molecule has 152 valence electrons. The minimum Gasteiger partial charge on any atom is -0.390 e. The number of benzene rings is 1. The Morgan fingerprint density at radius 2 is 1.74 bits per heavy atom. The molecular formula is C22H34O4S. The van der Waals surface area contributed by atoms with Crippen molar-refractivity contribution in [1.82, 2.24) is 0 Å². The van der Waals surface area contributed by atoms with Gasteiger partial charge in [0.15, 0.2) is 5.79 Å². The fourth-order valence-electron chi connectivity index (χ4n) is 3.66. The molecule has 2 aliphatic heterocycles. The maximum atomic E-state index is 10.7. The van der Waals surface area contributed by atoms with Crippen LogP contribution >= 0.6 is 11.8 Å². The number of hydrogen-bond acceptors (Lipinski definition) is 5. The zero-order valence-electron chi connectivity index (χ0n) is 17.8. The summed E-state index contributed by atoms with van der Waals surface area (Å²) in [6, 6.07) is 6.62. The molecule has 2 fully saturated rings. The molecule has 0 radical (unpaired) electrons. The highest BCUT2D eigenvalue weighted by atomic mass is 32.2. The van der Waals surface area contributed by atoms with Gasteiger partial charge in [0.25, 0.3) is 0 Å². The molecule has 2 saturated heterocycles. The second-order valence-corrected chi connectivity index (χ2v) is 10.8. The highest BCUT2D eigenvalue weighted by Crippen LogP contribution is 2.46. The number of aliphatic hydroxyl groups is 1. The monoisotopic (exact) mass is 394 g/mol. The number of fused-ring (bicyclic) bond motifs is 1. The van der Waals surface area contributed by atoms with Crippen molar-refractivity contribution >= 4 is 11.8 Å². The van der Waals surface area contributed by atoms with E-state index in [1.54, 1.807) is 11.8 Å². The summed E-state index contributed by atoms with van der Waals surface area (Å²) in [5.74, 6) is -0.563. The summed E-state index contributed by atoms with van der Waals surface area (Å²) < 4.78 is 18.6. The second-order valence-electron chi connectivity index (χ2n) is 9.62. The predicted octanol–water partition coefficient (Wildman–Crippen LogP) is 4.65. The van der Waals surface area contributed by atoms with E-state index in [9.17, 15) is 5.11 Å². The molecule has 0 saturated carbocycles. The van der Waals surface area contributed by atoms with Gasteiger partial charge in [-0.05, 0) is 49.3 Å². The van der Waals surface area contributed by atoms with E-state index in [-0.39, 0.29) is 35.1 Å². The summed E-state index contributed by atoms with van der Waals surface area (Å²) in [5, 5.41) is 10.7. The first-order valence-corrected chi connectivity index (χ1v) is 10.7. The van der Waals surface area contributed by atoms with Gasteiger partial charge in [0.1, 0.15) is 23.7 Å². The third kappa shape index (κ3) is 4.38. The van der Waals surface area contributed by atoms with Crippen molar-refractivity contribution in [1.29, 1.82) is 0 Å². The Kier molecular flexibility index (Phi) is 5.75. The van der Waals surface area contributed by atoms with Gasteiger partial charge in [-0.2, -0.15) is 0 Å². The van der Waals surface area contributed by atoms with Crippen molar-refractivity contribution < 1.29 is 19.3 Å². The Bertz CT molecular complexity index is 679. The highest BCUT2D eigenvalue weighted by Gasteiger charge is 2.57. The molecule has 1 aromatic rings. The molecule has 0 aliphatic carbocycles. The molecule has 27 heavy (non-hydrogen) atoms. The number of aliphatic hydroxyl groups excluding tert-OH is 1. The third-order valence-electron chi connectivity index (χ3n) is 5.36. The van der Waals surface area contributed by atoms with Crippen LogP contribution in [-0.4, -0.2) is 40.7 Å². The zero-order chi connectivity index (χ0) is 20.1. The Labute approximate surface area is 168 Å². The first-order chi connectivity index (χ1) is 12.4. The lowest BCUT2D eigenvalue weighted by Crippen LogP contribution is -2.41. The number of hydrogen-bond donors (Lipinski definition) is 1. The summed E-state index contributed by atoms with van der Waals surface area (Å²) in [6.45, 7) is 16.6. The van der Waals surface area contributed by atoms with E-state index in [0.717, 1.165) is 0 Å². The fraction of sp³-hybridized carbons (Fsp3) is 0.727. The van der Waals surface area contributed by atoms with Gasteiger partial charge < -0.3 is 19.3 Å². The lowest BCUT2D eigenvalue weighted by Gasteiger charge is -2.28. The van der Waals surface area contributed by atoms with E-state index in [2.05, 4.69) is 45.9 Å². The van der Waals surface area contributed by atoms with Crippen molar-refractivity contribution in [3.8, 4) is 0 Å². The van der Waals surface area contributed by atoms with Crippen LogP contribution < -0.4 is 0 Å². The van der Waals surface area contributed by atoms with Crippen molar-refractivity contribution in [2.45, 2.75) is 101 Å². The molecule has 4 nitrogen and oxygen atoms in total. The predicted molar refractivity (Wildman–Crippen MR) is 109 cm³/mol. The summed E-state index contributed by atoms with van der Waals surface area (Å²) in [6.07, 6.45) is -1.40. The van der Waals surface area contributed by atoms with Gasteiger partial charge in [-0.15, -0.1) is 0 Å². The number of thioether (sulfide) groups is 1. The summed E-state index contributed by atoms with van der Waals surface area (Å²) in [7, 11) is 0. The van der Waals surface area contributed by atoms with Crippen LogP contribution in [0.25, 0.3) is 0 Å².